The summed E-state index contributed by atoms with van der Waals surface area (Å²) in [6.07, 6.45) is 0. The minimum atomic E-state index is -3.68. The lowest BCUT2D eigenvalue weighted by Crippen LogP contribution is -2.27. The highest BCUT2D eigenvalue weighted by Gasteiger charge is 2.30. The molecule has 0 bridgehead atoms. The average molecular weight is 302 g/mol. The maximum absolute atomic E-state index is 12.6. The van der Waals surface area contributed by atoms with E-state index in [0.29, 0.717) is 5.56 Å². The maximum Gasteiger partial charge on any atom is 0.188 e. The van der Waals surface area contributed by atoms with Crippen LogP contribution in [0.2, 0.25) is 0 Å². The van der Waals surface area contributed by atoms with Crippen LogP contribution in [0.4, 0.5) is 0 Å². The van der Waals surface area contributed by atoms with Crippen LogP contribution >= 0.6 is 0 Å². The first kappa shape index (κ1) is 15.4. The highest BCUT2D eigenvalue weighted by Crippen LogP contribution is 2.21. The van der Waals surface area contributed by atoms with Gasteiger partial charge in [0.05, 0.1) is 4.90 Å². The molecule has 4 heteroatoms. The molecule has 0 saturated heterocycles. The average Bonchev–Trinajstić information content (AvgIpc) is 2.49. The van der Waals surface area contributed by atoms with Crippen molar-refractivity contribution in [3.05, 3.63) is 65.2 Å². The van der Waals surface area contributed by atoms with E-state index in [0.717, 1.165) is 11.1 Å². The number of hydrogen-bond acceptors (Lipinski definition) is 3. The zero-order chi connectivity index (χ0) is 15.6. The molecule has 2 aromatic carbocycles. The molecule has 0 N–H and O–H groups in total. The van der Waals surface area contributed by atoms with Crippen LogP contribution < -0.4 is 0 Å². The third-order valence-electron chi connectivity index (χ3n) is 3.70. The van der Waals surface area contributed by atoms with E-state index in [1.54, 1.807) is 48.5 Å². The molecule has 0 saturated carbocycles. The first-order valence-electron chi connectivity index (χ1n) is 6.74. The van der Waals surface area contributed by atoms with E-state index >= 15 is 0 Å². The van der Waals surface area contributed by atoms with Crippen molar-refractivity contribution < 1.29 is 13.2 Å². The number of ketones is 1. The Morgan fingerprint density at radius 1 is 0.952 bits per heavy atom. The smallest absolute Gasteiger partial charge is 0.188 e. The largest absolute Gasteiger partial charge is 0.293 e. The van der Waals surface area contributed by atoms with Gasteiger partial charge in [-0.1, -0.05) is 36.4 Å². The second-order valence-electron chi connectivity index (χ2n) is 5.16. The van der Waals surface area contributed by atoms with E-state index in [9.17, 15) is 13.2 Å². The molecular weight excluding hydrogens is 284 g/mol. The molecule has 0 aliphatic heterocycles. The number of hydrogen-bond donors (Lipinski definition) is 0. The van der Waals surface area contributed by atoms with Crippen molar-refractivity contribution in [2.45, 2.75) is 30.9 Å². The molecule has 0 amide bonds. The molecule has 3 nitrogen and oxygen atoms in total. The van der Waals surface area contributed by atoms with Crippen LogP contribution in [0, 0.1) is 13.8 Å². The van der Waals surface area contributed by atoms with Crippen LogP contribution in [0.15, 0.2) is 53.4 Å². The molecule has 1 atom stereocenters. The third kappa shape index (κ3) is 3.05. The highest BCUT2D eigenvalue weighted by atomic mass is 32.2. The van der Waals surface area contributed by atoms with E-state index < -0.39 is 15.1 Å². The van der Waals surface area contributed by atoms with Gasteiger partial charge in [-0.05, 0) is 44.0 Å². The lowest BCUT2D eigenvalue weighted by atomic mass is 10.1. The summed E-state index contributed by atoms with van der Waals surface area (Å²) < 4.78 is 25.2. The van der Waals surface area contributed by atoms with Gasteiger partial charge in [0, 0.05) is 5.56 Å². The number of rotatable bonds is 4. The first-order valence-corrected chi connectivity index (χ1v) is 8.29. The SMILES string of the molecule is Cc1ccc(S(=O)(=O)C(C)C(=O)c2ccccc2)cc1C. The minimum absolute atomic E-state index is 0.197. The molecule has 0 heterocycles. The van der Waals surface area contributed by atoms with Crippen molar-refractivity contribution in [2.24, 2.45) is 0 Å². The molecule has 0 aromatic heterocycles. The zero-order valence-electron chi connectivity index (χ0n) is 12.3. The molecule has 0 spiro atoms. The Morgan fingerprint density at radius 2 is 1.57 bits per heavy atom. The number of benzene rings is 2. The van der Waals surface area contributed by atoms with E-state index in [4.69, 9.17) is 0 Å². The van der Waals surface area contributed by atoms with E-state index in [2.05, 4.69) is 0 Å². The van der Waals surface area contributed by atoms with Gasteiger partial charge in [0.15, 0.2) is 15.6 Å². The van der Waals surface area contributed by atoms with Gasteiger partial charge in [-0.25, -0.2) is 8.42 Å². The number of sulfone groups is 1. The summed E-state index contributed by atoms with van der Waals surface area (Å²) in [6.45, 7) is 5.22. The Morgan fingerprint density at radius 3 is 2.14 bits per heavy atom. The fourth-order valence-electron chi connectivity index (χ4n) is 2.07. The Hall–Kier alpha value is -1.94. The second-order valence-corrected chi connectivity index (χ2v) is 7.43. The summed E-state index contributed by atoms with van der Waals surface area (Å²) in [5.74, 6) is -0.381. The summed E-state index contributed by atoms with van der Waals surface area (Å²) in [4.78, 5) is 12.5. The van der Waals surface area contributed by atoms with Crippen LogP contribution in [0.5, 0.6) is 0 Å². The zero-order valence-corrected chi connectivity index (χ0v) is 13.1. The summed E-state index contributed by atoms with van der Waals surface area (Å²) in [5, 5.41) is -1.10. The number of Topliss-reactive ketones (excluding diaryl/α,β-unsaturated/α-hetero) is 1. The molecule has 2 aromatic rings. The molecule has 110 valence electrons. The van der Waals surface area contributed by atoms with Gasteiger partial charge in [0.1, 0.15) is 5.25 Å². The third-order valence-corrected chi connectivity index (χ3v) is 5.76. The molecule has 0 fully saturated rings. The topological polar surface area (TPSA) is 51.2 Å². The van der Waals surface area contributed by atoms with Crippen molar-refractivity contribution in [3.8, 4) is 0 Å². The molecule has 0 aliphatic carbocycles. The second kappa shape index (κ2) is 5.82. The molecule has 0 radical (unpaired) electrons. The quantitative estimate of drug-likeness (QED) is 0.814. The Labute approximate surface area is 125 Å². The summed E-state index contributed by atoms with van der Waals surface area (Å²) >= 11 is 0. The highest BCUT2D eigenvalue weighted by molar-refractivity contribution is 7.92. The van der Waals surface area contributed by atoms with Crippen LogP contribution in [-0.4, -0.2) is 19.5 Å². The lowest BCUT2D eigenvalue weighted by molar-refractivity contribution is 0.0991. The van der Waals surface area contributed by atoms with Crippen LogP contribution in [0.1, 0.15) is 28.4 Å². The van der Waals surface area contributed by atoms with Crippen molar-refractivity contribution >= 4 is 15.6 Å². The molecule has 2 rings (SSSR count). The number of carbonyl (C=O) groups excluding carboxylic acids is 1. The normalized spacial score (nSPS) is 12.9. The molecular formula is C17H18O3S. The van der Waals surface area contributed by atoms with E-state index in [1.807, 2.05) is 13.8 Å². The molecule has 1 unspecified atom stereocenters. The molecule has 0 aliphatic rings. The minimum Gasteiger partial charge on any atom is -0.293 e. The molecule has 21 heavy (non-hydrogen) atoms. The van der Waals surface area contributed by atoms with Gasteiger partial charge in [-0.3, -0.25) is 4.79 Å². The Bertz CT molecular complexity index is 762. The Kier molecular flexibility index (Phi) is 4.28. The fraction of sp³-hybridized carbons (Fsp3) is 0.235. The lowest BCUT2D eigenvalue weighted by Gasteiger charge is -2.13. The summed E-state index contributed by atoms with van der Waals surface area (Å²) in [5.41, 5.74) is 2.34. The monoisotopic (exact) mass is 302 g/mol. The Balaban J connectivity index is 2.39. The standard InChI is InChI=1S/C17H18O3S/c1-12-9-10-16(11-13(12)2)21(19,20)14(3)17(18)15-7-5-4-6-8-15/h4-11,14H,1-3H3. The van der Waals surface area contributed by atoms with Gasteiger partial charge in [-0.15, -0.1) is 0 Å². The van der Waals surface area contributed by atoms with Crippen molar-refractivity contribution in [1.29, 1.82) is 0 Å². The predicted octanol–water partition coefficient (Wildman–Crippen LogP) is 3.35. The van der Waals surface area contributed by atoms with Gasteiger partial charge in [0.2, 0.25) is 0 Å². The van der Waals surface area contributed by atoms with Gasteiger partial charge >= 0.3 is 0 Å². The fourth-order valence-corrected chi connectivity index (χ4v) is 3.50. The summed E-state index contributed by atoms with van der Waals surface area (Å²) in [6, 6.07) is 13.5. The number of carbonyl (C=O) groups is 1. The van der Waals surface area contributed by atoms with Crippen LogP contribution in [0.3, 0.4) is 0 Å². The van der Waals surface area contributed by atoms with E-state index in [-0.39, 0.29) is 10.7 Å². The van der Waals surface area contributed by atoms with Crippen molar-refractivity contribution in [1.82, 2.24) is 0 Å². The van der Waals surface area contributed by atoms with Gasteiger partial charge in [-0.2, -0.15) is 0 Å². The predicted molar refractivity (Wildman–Crippen MR) is 83.3 cm³/mol. The van der Waals surface area contributed by atoms with Crippen LogP contribution in [-0.2, 0) is 9.84 Å². The van der Waals surface area contributed by atoms with E-state index in [1.165, 1.54) is 6.92 Å². The maximum atomic E-state index is 12.6. The summed E-state index contributed by atoms with van der Waals surface area (Å²) in [7, 11) is -3.68. The number of aryl methyl sites for hydroxylation is 2. The van der Waals surface area contributed by atoms with Crippen molar-refractivity contribution in [2.75, 3.05) is 0 Å². The van der Waals surface area contributed by atoms with Crippen LogP contribution in [0.25, 0.3) is 0 Å². The first-order chi connectivity index (χ1) is 9.84. The van der Waals surface area contributed by atoms with Gasteiger partial charge < -0.3 is 0 Å². The van der Waals surface area contributed by atoms with Gasteiger partial charge in [0.25, 0.3) is 0 Å². The van der Waals surface area contributed by atoms with Crippen molar-refractivity contribution in [3.63, 3.8) is 0 Å².